The van der Waals surface area contributed by atoms with Gasteiger partial charge in [-0.3, -0.25) is 9.59 Å². The van der Waals surface area contributed by atoms with Crippen molar-refractivity contribution in [2.45, 2.75) is 39.8 Å². The van der Waals surface area contributed by atoms with Crippen molar-refractivity contribution in [3.63, 3.8) is 0 Å². The highest BCUT2D eigenvalue weighted by atomic mass is 35.5. The number of carbonyl (C=O) groups excluding carboxylic acids is 2. The molecular formula is C21H25ClN2O2. The SMILES string of the molecule is CCNC(=O)C(C)N(Cc1cccc(C)c1)C(=O)Cc1ccccc1Cl. The van der Waals surface area contributed by atoms with Crippen LogP contribution < -0.4 is 5.32 Å². The average molecular weight is 373 g/mol. The molecule has 138 valence electrons. The summed E-state index contributed by atoms with van der Waals surface area (Å²) in [4.78, 5) is 26.9. The fraction of sp³-hybridized carbons (Fsp3) is 0.333. The smallest absolute Gasteiger partial charge is 0.242 e. The van der Waals surface area contributed by atoms with Crippen LogP contribution in [0.4, 0.5) is 0 Å². The van der Waals surface area contributed by atoms with E-state index in [0.717, 1.165) is 16.7 Å². The molecular weight excluding hydrogens is 348 g/mol. The Morgan fingerprint density at radius 3 is 2.54 bits per heavy atom. The van der Waals surface area contributed by atoms with E-state index in [-0.39, 0.29) is 18.2 Å². The van der Waals surface area contributed by atoms with Crippen LogP contribution in [0.2, 0.25) is 5.02 Å². The van der Waals surface area contributed by atoms with Gasteiger partial charge < -0.3 is 10.2 Å². The van der Waals surface area contributed by atoms with Crippen LogP contribution in [0, 0.1) is 6.92 Å². The molecule has 4 nitrogen and oxygen atoms in total. The van der Waals surface area contributed by atoms with Crippen LogP contribution in [-0.2, 0) is 22.6 Å². The number of amides is 2. The summed E-state index contributed by atoms with van der Waals surface area (Å²) in [6, 6.07) is 14.7. The Balaban J connectivity index is 2.25. The van der Waals surface area contributed by atoms with E-state index in [1.807, 2.05) is 56.3 Å². The van der Waals surface area contributed by atoms with Crippen LogP contribution in [0.15, 0.2) is 48.5 Å². The van der Waals surface area contributed by atoms with E-state index in [1.165, 1.54) is 0 Å². The van der Waals surface area contributed by atoms with E-state index in [9.17, 15) is 9.59 Å². The lowest BCUT2D eigenvalue weighted by Gasteiger charge is -2.29. The van der Waals surface area contributed by atoms with Crippen molar-refractivity contribution in [3.8, 4) is 0 Å². The zero-order valence-corrected chi connectivity index (χ0v) is 16.2. The van der Waals surface area contributed by atoms with E-state index < -0.39 is 6.04 Å². The highest BCUT2D eigenvalue weighted by Gasteiger charge is 2.26. The molecule has 0 aromatic heterocycles. The van der Waals surface area contributed by atoms with Crippen LogP contribution in [0.3, 0.4) is 0 Å². The predicted molar refractivity (Wildman–Crippen MR) is 105 cm³/mol. The van der Waals surface area contributed by atoms with Gasteiger partial charge in [-0.05, 0) is 38.0 Å². The number of nitrogens with one attached hydrogen (secondary N) is 1. The molecule has 2 aromatic rings. The second-order valence-electron chi connectivity index (χ2n) is 6.35. The average Bonchev–Trinajstić information content (AvgIpc) is 2.61. The van der Waals surface area contributed by atoms with Crippen LogP contribution >= 0.6 is 11.6 Å². The molecule has 0 aliphatic rings. The standard InChI is InChI=1S/C21H25ClN2O2/c1-4-23-21(26)16(3)24(14-17-9-7-8-15(2)12-17)20(25)13-18-10-5-6-11-19(18)22/h5-12,16H,4,13-14H2,1-3H3,(H,23,26). The number of aryl methyl sites for hydroxylation is 1. The van der Waals surface area contributed by atoms with E-state index >= 15 is 0 Å². The molecule has 0 aliphatic heterocycles. The van der Waals surface area contributed by atoms with Crippen LogP contribution in [0.5, 0.6) is 0 Å². The molecule has 1 unspecified atom stereocenters. The molecule has 2 rings (SSSR count). The Hall–Kier alpha value is -2.33. The Labute approximate surface area is 160 Å². The van der Waals surface area contributed by atoms with Crippen molar-refractivity contribution in [3.05, 3.63) is 70.2 Å². The molecule has 5 heteroatoms. The van der Waals surface area contributed by atoms with Gasteiger partial charge in [0.1, 0.15) is 6.04 Å². The molecule has 0 saturated heterocycles. The summed E-state index contributed by atoms with van der Waals surface area (Å²) in [5.41, 5.74) is 2.87. The number of hydrogen-bond donors (Lipinski definition) is 1. The van der Waals surface area contributed by atoms with E-state index in [4.69, 9.17) is 11.6 Å². The molecule has 2 amide bonds. The maximum absolute atomic E-state index is 13.0. The summed E-state index contributed by atoms with van der Waals surface area (Å²) in [5.74, 6) is -0.286. The van der Waals surface area contributed by atoms with Crippen molar-refractivity contribution in [1.82, 2.24) is 10.2 Å². The number of nitrogens with zero attached hydrogens (tertiary/aromatic N) is 1. The maximum Gasteiger partial charge on any atom is 0.242 e. The van der Waals surface area contributed by atoms with Gasteiger partial charge in [0.25, 0.3) is 0 Å². The van der Waals surface area contributed by atoms with Gasteiger partial charge in [-0.15, -0.1) is 0 Å². The molecule has 1 atom stereocenters. The van der Waals surface area contributed by atoms with Gasteiger partial charge in [0.2, 0.25) is 11.8 Å². The van der Waals surface area contributed by atoms with Crippen LogP contribution in [-0.4, -0.2) is 29.3 Å². The first-order valence-corrected chi connectivity index (χ1v) is 9.16. The first-order chi connectivity index (χ1) is 12.4. The molecule has 0 bridgehead atoms. The molecule has 0 radical (unpaired) electrons. The lowest BCUT2D eigenvalue weighted by Crippen LogP contribution is -2.48. The Kier molecular flexibility index (Phi) is 7.22. The molecule has 0 saturated carbocycles. The van der Waals surface area contributed by atoms with Crippen molar-refractivity contribution in [1.29, 1.82) is 0 Å². The van der Waals surface area contributed by atoms with Gasteiger partial charge in [-0.25, -0.2) is 0 Å². The number of likely N-dealkylation sites (N-methyl/N-ethyl adjacent to an activating group) is 1. The van der Waals surface area contributed by atoms with Gasteiger partial charge in [0.05, 0.1) is 6.42 Å². The number of halogens is 1. The highest BCUT2D eigenvalue weighted by Crippen LogP contribution is 2.18. The van der Waals surface area contributed by atoms with Gasteiger partial charge in [0, 0.05) is 18.1 Å². The molecule has 0 aliphatic carbocycles. The van der Waals surface area contributed by atoms with Crippen molar-refractivity contribution in [2.75, 3.05) is 6.54 Å². The zero-order valence-electron chi connectivity index (χ0n) is 15.5. The first kappa shape index (κ1) is 20.0. The molecule has 1 N–H and O–H groups in total. The monoisotopic (exact) mass is 372 g/mol. The van der Waals surface area contributed by atoms with E-state index in [0.29, 0.717) is 18.1 Å². The van der Waals surface area contributed by atoms with Gasteiger partial charge in [-0.1, -0.05) is 59.6 Å². The largest absolute Gasteiger partial charge is 0.355 e. The molecule has 0 heterocycles. The summed E-state index contributed by atoms with van der Waals surface area (Å²) in [6.07, 6.45) is 0.162. The predicted octanol–water partition coefficient (Wildman–Crippen LogP) is 3.74. The summed E-state index contributed by atoms with van der Waals surface area (Å²) in [6.45, 7) is 6.53. The summed E-state index contributed by atoms with van der Waals surface area (Å²) in [7, 11) is 0. The normalized spacial score (nSPS) is 11.7. The molecule has 26 heavy (non-hydrogen) atoms. The van der Waals surface area contributed by atoms with Gasteiger partial charge >= 0.3 is 0 Å². The third-order valence-electron chi connectivity index (χ3n) is 4.25. The number of hydrogen-bond acceptors (Lipinski definition) is 2. The Morgan fingerprint density at radius 2 is 1.88 bits per heavy atom. The van der Waals surface area contributed by atoms with Crippen molar-refractivity contribution < 1.29 is 9.59 Å². The summed E-state index contributed by atoms with van der Waals surface area (Å²) < 4.78 is 0. The summed E-state index contributed by atoms with van der Waals surface area (Å²) in [5, 5.41) is 3.35. The number of carbonyl (C=O) groups is 2. The van der Waals surface area contributed by atoms with Crippen molar-refractivity contribution in [2.24, 2.45) is 0 Å². The quantitative estimate of drug-likeness (QED) is 0.804. The zero-order chi connectivity index (χ0) is 19.1. The first-order valence-electron chi connectivity index (χ1n) is 8.78. The molecule has 0 spiro atoms. The molecule has 0 fully saturated rings. The van der Waals surface area contributed by atoms with E-state index in [1.54, 1.807) is 17.9 Å². The van der Waals surface area contributed by atoms with Crippen LogP contribution in [0.1, 0.15) is 30.5 Å². The lowest BCUT2D eigenvalue weighted by molar-refractivity contribution is -0.140. The maximum atomic E-state index is 13.0. The van der Waals surface area contributed by atoms with Gasteiger partial charge in [-0.2, -0.15) is 0 Å². The van der Waals surface area contributed by atoms with Crippen molar-refractivity contribution >= 4 is 23.4 Å². The Morgan fingerprint density at radius 1 is 1.15 bits per heavy atom. The van der Waals surface area contributed by atoms with E-state index in [2.05, 4.69) is 5.32 Å². The molecule has 2 aromatic carbocycles. The summed E-state index contributed by atoms with van der Waals surface area (Å²) >= 11 is 6.20. The minimum absolute atomic E-state index is 0.127. The second-order valence-corrected chi connectivity index (χ2v) is 6.76. The fourth-order valence-corrected chi connectivity index (χ4v) is 3.02. The fourth-order valence-electron chi connectivity index (χ4n) is 2.82. The third kappa shape index (κ3) is 5.33. The van der Waals surface area contributed by atoms with Gasteiger partial charge in [0.15, 0.2) is 0 Å². The third-order valence-corrected chi connectivity index (χ3v) is 4.62. The van der Waals surface area contributed by atoms with Crippen LogP contribution in [0.25, 0.3) is 0 Å². The minimum atomic E-state index is -0.564. The minimum Gasteiger partial charge on any atom is -0.355 e. The Bertz CT molecular complexity index is 776. The topological polar surface area (TPSA) is 49.4 Å². The number of rotatable bonds is 7. The number of benzene rings is 2. The highest BCUT2D eigenvalue weighted by molar-refractivity contribution is 6.31. The lowest BCUT2D eigenvalue weighted by atomic mass is 10.1. The second kappa shape index (κ2) is 9.39.